The Balaban J connectivity index is 2.54. The van der Waals surface area contributed by atoms with Gasteiger partial charge in [0.2, 0.25) is 5.78 Å². The average Bonchev–Trinajstić information content (AvgIpc) is 2.40. The van der Waals surface area contributed by atoms with Crippen LogP contribution in [0.1, 0.15) is 6.42 Å². The van der Waals surface area contributed by atoms with Crippen molar-refractivity contribution in [3.05, 3.63) is 35.4 Å². The van der Waals surface area contributed by atoms with E-state index in [0.29, 0.717) is 10.7 Å². The number of ketones is 2. The van der Waals surface area contributed by atoms with Crippen LogP contribution in [0.5, 0.6) is 0 Å². The molecule has 0 saturated carbocycles. The maximum atomic E-state index is 11.7. The monoisotopic (exact) mass is 281 g/mol. The van der Waals surface area contributed by atoms with E-state index < -0.39 is 0 Å². The summed E-state index contributed by atoms with van der Waals surface area (Å²) in [5.74, 6) is -0.285. The van der Waals surface area contributed by atoms with Gasteiger partial charge >= 0.3 is 5.97 Å². The summed E-state index contributed by atoms with van der Waals surface area (Å²) in [4.78, 5) is 34.8. The largest absolute Gasteiger partial charge is 0.469 e. The molecule has 0 amide bonds. The Morgan fingerprint density at radius 2 is 2.16 bits per heavy atom. The summed E-state index contributed by atoms with van der Waals surface area (Å²) >= 11 is 1.27. The molecule has 0 aromatic rings. The van der Waals surface area contributed by atoms with E-state index in [4.69, 9.17) is 0 Å². The summed E-state index contributed by atoms with van der Waals surface area (Å²) in [6, 6.07) is 0. The molecule has 1 aliphatic carbocycles. The van der Waals surface area contributed by atoms with E-state index >= 15 is 0 Å². The second kappa shape index (κ2) is 7.58. The molecule has 0 fully saturated rings. The number of hydrogen-bond acceptors (Lipinski definition) is 6. The minimum Gasteiger partial charge on any atom is -0.469 e. The number of hydrogen-bond donors (Lipinski definition) is 1. The van der Waals surface area contributed by atoms with Gasteiger partial charge in [0.25, 0.3) is 0 Å². The molecular formula is C13H15NO4S. The van der Waals surface area contributed by atoms with Gasteiger partial charge in [0, 0.05) is 24.4 Å². The summed E-state index contributed by atoms with van der Waals surface area (Å²) in [5.41, 5.74) is 0.205. The van der Waals surface area contributed by atoms with Gasteiger partial charge in [0.1, 0.15) is 0 Å². The summed E-state index contributed by atoms with van der Waals surface area (Å²) in [5, 5.41) is 2.76. The predicted octanol–water partition coefficient (Wildman–Crippen LogP) is 0.978. The predicted molar refractivity (Wildman–Crippen MR) is 73.5 cm³/mol. The van der Waals surface area contributed by atoms with Gasteiger partial charge in [-0.3, -0.25) is 14.4 Å². The summed E-state index contributed by atoms with van der Waals surface area (Å²) in [7, 11) is 1.29. The maximum Gasteiger partial charge on any atom is 0.307 e. The molecule has 0 atom stereocenters. The minimum absolute atomic E-state index is 0.136. The fourth-order valence-corrected chi connectivity index (χ4v) is 2.03. The second-order valence-electron chi connectivity index (χ2n) is 3.65. The van der Waals surface area contributed by atoms with Crippen LogP contribution in [0.15, 0.2) is 35.4 Å². The quantitative estimate of drug-likeness (QED) is 0.426. The fourth-order valence-electron chi connectivity index (χ4n) is 1.34. The molecule has 1 rings (SSSR count). The van der Waals surface area contributed by atoms with Gasteiger partial charge in [-0.1, -0.05) is 6.08 Å². The first-order valence-corrected chi connectivity index (χ1v) is 6.63. The maximum absolute atomic E-state index is 11.7. The van der Waals surface area contributed by atoms with Crippen LogP contribution in [-0.4, -0.2) is 36.9 Å². The molecule has 19 heavy (non-hydrogen) atoms. The van der Waals surface area contributed by atoms with Gasteiger partial charge in [-0.2, -0.15) is 0 Å². The van der Waals surface area contributed by atoms with Crippen LogP contribution >= 0.6 is 11.8 Å². The number of nitrogens with one attached hydrogen (secondary N) is 1. The number of thioether (sulfide) groups is 1. The van der Waals surface area contributed by atoms with E-state index in [0.717, 1.165) is 0 Å². The first kappa shape index (κ1) is 15.2. The van der Waals surface area contributed by atoms with Crippen molar-refractivity contribution < 1.29 is 19.1 Å². The number of allylic oxidation sites excluding steroid dienone is 3. The van der Waals surface area contributed by atoms with Gasteiger partial charge in [-0.05, 0) is 0 Å². The fraction of sp³-hybridized carbons (Fsp3) is 0.308. The van der Waals surface area contributed by atoms with Crippen LogP contribution in [0.25, 0.3) is 0 Å². The zero-order valence-corrected chi connectivity index (χ0v) is 11.4. The third-order valence-corrected chi connectivity index (χ3v) is 3.31. The van der Waals surface area contributed by atoms with E-state index in [1.54, 1.807) is 6.08 Å². The van der Waals surface area contributed by atoms with Gasteiger partial charge in [0.05, 0.1) is 24.1 Å². The van der Waals surface area contributed by atoms with Gasteiger partial charge in [-0.15, -0.1) is 18.3 Å². The Bertz CT molecular complexity index is 465. The lowest BCUT2D eigenvalue weighted by molar-refractivity contribution is -0.140. The molecule has 0 aromatic carbocycles. The summed E-state index contributed by atoms with van der Waals surface area (Å²) in [6.07, 6.45) is 4.36. The number of rotatable bonds is 7. The number of carbonyl (C=O) groups excluding carboxylic acids is 3. The van der Waals surface area contributed by atoms with Crippen LogP contribution in [-0.2, 0) is 19.1 Å². The SMILES string of the molecule is C=CCSC1=CC(=O)C(NCCC(=O)OC)=CC1=O. The molecule has 0 heterocycles. The molecule has 1 N–H and O–H groups in total. The molecule has 0 bridgehead atoms. The standard InChI is InChI=1S/C13H15NO4S/c1-3-6-19-12-8-10(15)9(7-11(12)16)14-5-4-13(17)18-2/h3,7-8,14H,1,4-6H2,2H3. The van der Waals surface area contributed by atoms with Crippen LogP contribution in [0.2, 0.25) is 0 Å². The first-order chi connectivity index (χ1) is 9.08. The van der Waals surface area contributed by atoms with E-state index in [1.807, 2.05) is 0 Å². The smallest absolute Gasteiger partial charge is 0.307 e. The van der Waals surface area contributed by atoms with Gasteiger partial charge < -0.3 is 10.1 Å². The number of methoxy groups -OCH3 is 1. The molecule has 102 valence electrons. The van der Waals surface area contributed by atoms with Crippen molar-refractivity contribution in [2.75, 3.05) is 19.4 Å². The minimum atomic E-state index is -0.375. The average molecular weight is 281 g/mol. The second-order valence-corrected chi connectivity index (χ2v) is 4.71. The zero-order valence-electron chi connectivity index (χ0n) is 10.6. The highest BCUT2D eigenvalue weighted by atomic mass is 32.2. The highest BCUT2D eigenvalue weighted by Gasteiger charge is 2.20. The van der Waals surface area contributed by atoms with Crippen LogP contribution in [0.3, 0.4) is 0 Å². The molecule has 0 unspecified atom stereocenters. The Morgan fingerprint density at radius 3 is 2.79 bits per heavy atom. The van der Waals surface area contributed by atoms with Gasteiger partial charge in [0.15, 0.2) is 5.78 Å². The lowest BCUT2D eigenvalue weighted by Gasteiger charge is -2.12. The zero-order chi connectivity index (χ0) is 14.3. The van der Waals surface area contributed by atoms with Crippen molar-refractivity contribution in [2.24, 2.45) is 0 Å². The van der Waals surface area contributed by atoms with E-state index in [1.165, 1.54) is 31.0 Å². The summed E-state index contributed by atoms with van der Waals surface area (Å²) < 4.78 is 4.47. The summed E-state index contributed by atoms with van der Waals surface area (Å²) in [6.45, 7) is 3.80. The highest BCUT2D eigenvalue weighted by Crippen LogP contribution is 2.21. The lowest BCUT2D eigenvalue weighted by atomic mass is 10.1. The van der Waals surface area contributed by atoms with E-state index in [-0.39, 0.29) is 36.2 Å². The van der Waals surface area contributed by atoms with E-state index in [9.17, 15) is 14.4 Å². The molecule has 0 spiro atoms. The highest BCUT2D eigenvalue weighted by molar-refractivity contribution is 8.04. The number of carbonyl (C=O) groups is 3. The van der Waals surface area contributed by atoms with Crippen LogP contribution < -0.4 is 5.32 Å². The Kier molecular flexibility index (Phi) is 6.08. The molecule has 0 aromatic heterocycles. The third kappa shape index (κ3) is 4.75. The van der Waals surface area contributed by atoms with Crippen molar-refractivity contribution >= 4 is 29.3 Å². The molecule has 0 radical (unpaired) electrons. The van der Waals surface area contributed by atoms with Crippen LogP contribution in [0, 0.1) is 0 Å². The Morgan fingerprint density at radius 1 is 1.42 bits per heavy atom. The molecule has 6 heteroatoms. The third-order valence-electron chi connectivity index (χ3n) is 2.27. The van der Waals surface area contributed by atoms with Crippen LogP contribution in [0.4, 0.5) is 0 Å². The normalized spacial score (nSPS) is 14.6. The van der Waals surface area contributed by atoms with Crippen molar-refractivity contribution in [3.8, 4) is 0 Å². The molecule has 0 aliphatic heterocycles. The number of esters is 1. The molecule has 1 aliphatic rings. The molecular weight excluding hydrogens is 266 g/mol. The topological polar surface area (TPSA) is 72.5 Å². The Labute approximate surface area is 115 Å². The van der Waals surface area contributed by atoms with Crippen molar-refractivity contribution in [1.29, 1.82) is 0 Å². The van der Waals surface area contributed by atoms with Crippen molar-refractivity contribution in [3.63, 3.8) is 0 Å². The van der Waals surface area contributed by atoms with Crippen molar-refractivity contribution in [2.45, 2.75) is 6.42 Å². The first-order valence-electron chi connectivity index (χ1n) is 5.65. The Hall–Kier alpha value is -1.82. The van der Waals surface area contributed by atoms with Crippen molar-refractivity contribution in [1.82, 2.24) is 5.32 Å². The number of ether oxygens (including phenoxy) is 1. The van der Waals surface area contributed by atoms with Gasteiger partial charge in [-0.25, -0.2) is 0 Å². The molecule has 5 nitrogen and oxygen atoms in total. The molecule has 0 saturated heterocycles. The van der Waals surface area contributed by atoms with E-state index in [2.05, 4.69) is 16.6 Å². The lowest BCUT2D eigenvalue weighted by Crippen LogP contribution is -2.26.